The molecule has 1 fully saturated rings. The molecule has 3 aromatic rings. The summed E-state index contributed by atoms with van der Waals surface area (Å²) in [5, 5.41) is 3.55. The number of aromatic amines is 1. The highest BCUT2D eigenvalue weighted by molar-refractivity contribution is 5.85. The Bertz CT molecular complexity index is 854. The van der Waals surface area contributed by atoms with Gasteiger partial charge in [0.1, 0.15) is 5.52 Å². The maximum atomic E-state index is 14.6. The predicted molar refractivity (Wildman–Crippen MR) is 112 cm³/mol. The molecule has 1 aromatic heterocycles. The van der Waals surface area contributed by atoms with Crippen LogP contribution in [0.25, 0.3) is 22.2 Å². The predicted octanol–water partition coefficient (Wildman–Crippen LogP) is 5.85. The molecule has 1 heterocycles. The van der Waals surface area contributed by atoms with Gasteiger partial charge in [0.25, 0.3) is 0 Å². The monoisotopic (exact) mass is 387 g/mol. The molecule has 0 unspecified atom stereocenters. The number of rotatable bonds is 6. The van der Waals surface area contributed by atoms with Crippen LogP contribution in [0.15, 0.2) is 42.7 Å². The minimum Gasteiger partial charge on any atom is -0.345 e. The van der Waals surface area contributed by atoms with Gasteiger partial charge in [-0.1, -0.05) is 56.4 Å². The molecule has 0 amide bonds. The van der Waals surface area contributed by atoms with E-state index < -0.39 is 0 Å². The van der Waals surface area contributed by atoms with E-state index in [1.165, 1.54) is 50.4 Å². The minimum absolute atomic E-state index is 0. The first-order chi connectivity index (χ1) is 12.8. The Morgan fingerprint density at radius 2 is 1.81 bits per heavy atom. The van der Waals surface area contributed by atoms with Crippen molar-refractivity contribution >= 4 is 23.4 Å². The van der Waals surface area contributed by atoms with E-state index in [0.717, 1.165) is 30.1 Å². The van der Waals surface area contributed by atoms with Gasteiger partial charge < -0.3 is 10.3 Å². The van der Waals surface area contributed by atoms with E-state index in [0.29, 0.717) is 11.1 Å². The summed E-state index contributed by atoms with van der Waals surface area (Å²) in [7, 11) is 0. The Hall–Kier alpha value is -1.91. The van der Waals surface area contributed by atoms with Gasteiger partial charge in [-0.25, -0.2) is 9.37 Å². The zero-order valence-corrected chi connectivity index (χ0v) is 16.3. The van der Waals surface area contributed by atoms with Gasteiger partial charge in [-0.15, -0.1) is 12.4 Å². The number of nitrogens with one attached hydrogen (secondary N) is 2. The summed E-state index contributed by atoms with van der Waals surface area (Å²) in [6, 6.07) is 11.8. The second-order valence-corrected chi connectivity index (χ2v) is 7.39. The Kier molecular flexibility index (Phi) is 6.86. The van der Waals surface area contributed by atoms with Crippen molar-refractivity contribution in [2.75, 3.05) is 6.54 Å². The van der Waals surface area contributed by atoms with Gasteiger partial charge in [-0.3, -0.25) is 0 Å². The smallest absolute Gasteiger partial charge is 0.158 e. The van der Waals surface area contributed by atoms with Crippen LogP contribution in [0.1, 0.15) is 44.1 Å². The number of fused-ring (bicyclic) bond motifs is 1. The first-order valence-electron chi connectivity index (χ1n) is 9.73. The Morgan fingerprint density at radius 1 is 1.04 bits per heavy atom. The molecule has 0 radical (unpaired) electrons. The molecule has 0 spiro atoms. The number of H-pyrrole nitrogens is 1. The molecular formula is C22H27ClFN3. The molecule has 2 N–H and O–H groups in total. The summed E-state index contributed by atoms with van der Waals surface area (Å²) in [5.74, 6) is 0.653. The van der Waals surface area contributed by atoms with Crippen molar-refractivity contribution in [3.8, 4) is 11.1 Å². The van der Waals surface area contributed by atoms with Crippen molar-refractivity contribution in [2.24, 2.45) is 5.92 Å². The van der Waals surface area contributed by atoms with E-state index in [-0.39, 0.29) is 18.2 Å². The SMILES string of the molecule is Cl.Fc1c(-c2ccc(CNCCC3CCCCC3)cc2)ccc2[nH]cnc12. The van der Waals surface area contributed by atoms with E-state index in [1.807, 2.05) is 24.3 Å². The molecule has 4 rings (SSSR count). The quantitative estimate of drug-likeness (QED) is 0.521. The summed E-state index contributed by atoms with van der Waals surface area (Å²) in [4.78, 5) is 7.01. The molecule has 5 heteroatoms. The van der Waals surface area contributed by atoms with E-state index in [4.69, 9.17) is 0 Å². The van der Waals surface area contributed by atoms with Gasteiger partial charge >= 0.3 is 0 Å². The van der Waals surface area contributed by atoms with Gasteiger partial charge in [-0.2, -0.15) is 0 Å². The van der Waals surface area contributed by atoms with Gasteiger partial charge in [-0.05, 0) is 42.1 Å². The lowest BCUT2D eigenvalue weighted by molar-refractivity contribution is 0.334. The van der Waals surface area contributed by atoms with Crippen molar-refractivity contribution in [1.29, 1.82) is 0 Å². The Labute approximate surface area is 166 Å². The van der Waals surface area contributed by atoms with Gasteiger partial charge in [0, 0.05) is 12.1 Å². The fourth-order valence-corrected chi connectivity index (χ4v) is 4.01. The fourth-order valence-electron chi connectivity index (χ4n) is 4.01. The lowest BCUT2D eigenvalue weighted by Crippen LogP contribution is -2.19. The summed E-state index contributed by atoms with van der Waals surface area (Å²) in [6.45, 7) is 1.95. The van der Waals surface area contributed by atoms with Crippen LogP contribution in [0.5, 0.6) is 0 Å². The van der Waals surface area contributed by atoms with E-state index in [1.54, 1.807) is 0 Å². The fraction of sp³-hybridized carbons (Fsp3) is 0.409. The topological polar surface area (TPSA) is 40.7 Å². The van der Waals surface area contributed by atoms with Crippen molar-refractivity contribution in [3.05, 3.63) is 54.1 Å². The van der Waals surface area contributed by atoms with E-state index in [9.17, 15) is 4.39 Å². The van der Waals surface area contributed by atoms with Gasteiger partial charge in [0.2, 0.25) is 0 Å². The highest BCUT2D eigenvalue weighted by Gasteiger charge is 2.13. The molecule has 1 aliphatic rings. The second kappa shape index (κ2) is 9.34. The molecule has 27 heavy (non-hydrogen) atoms. The standard InChI is InChI=1S/C22H26FN3.ClH/c23-21-19(10-11-20-22(21)26-15-25-20)18-8-6-17(7-9-18)14-24-13-12-16-4-2-1-3-5-16;/h6-11,15-16,24H,1-5,12-14H2,(H,25,26);1H. The van der Waals surface area contributed by atoms with Crippen LogP contribution in [0.2, 0.25) is 0 Å². The number of imidazole rings is 1. The average molecular weight is 388 g/mol. The highest BCUT2D eigenvalue weighted by Crippen LogP contribution is 2.28. The normalized spacial score (nSPS) is 15.0. The van der Waals surface area contributed by atoms with E-state index >= 15 is 0 Å². The first kappa shape index (κ1) is 19.8. The zero-order chi connectivity index (χ0) is 17.8. The number of halogens is 2. The van der Waals surface area contributed by atoms with Gasteiger partial charge in [0.15, 0.2) is 5.82 Å². The van der Waals surface area contributed by atoms with Crippen LogP contribution in [-0.4, -0.2) is 16.5 Å². The Balaban J connectivity index is 0.00000210. The van der Waals surface area contributed by atoms with Crippen LogP contribution in [-0.2, 0) is 6.54 Å². The largest absolute Gasteiger partial charge is 0.345 e. The summed E-state index contributed by atoms with van der Waals surface area (Å²) >= 11 is 0. The highest BCUT2D eigenvalue weighted by atomic mass is 35.5. The molecule has 2 aromatic carbocycles. The molecule has 0 atom stereocenters. The Morgan fingerprint density at radius 3 is 2.59 bits per heavy atom. The maximum absolute atomic E-state index is 14.6. The third kappa shape index (κ3) is 4.69. The number of benzene rings is 2. The van der Waals surface area contributed by atoms with Crippen molar-refractivity contribution in [1.82, 2.24) is 15.3 Å². The van der Waals surface area contributed by atoms with Crippen LogP contribution in [0, 0.1) is 11.7 Å². The lowest BCUT2D eigenvalue weighted by atomic mass is 9.87. The van der Waals surface area contributed by atoms with Gasteiger partial charge in [0.05, 0.1) is 11.8 Å². The number of hydrogen-bond acceptors (Lipinski definition) is 2. The molecule has 144 valence electrons. The lowest BCUT2D eigenvalue weighted by Gasteiger charge is -2.21. The van der Waals surface area contributed by atoms with Crippen LogP contribution in [0.4, 0.5) is 4.39 Å². The van der Waals surface area contributed by atoms with Crippen LogP contribution in [0.3, 0.4) is 0 Å². The zero-order valence-electron chi connectivity index (χ0n) is 15.5. The first-order valence-corrected chi connectivity index (χ1v) is 9.73. The van der Waals surface area contributed by atoms with Crippen LogP contribution >= 0.6 is 12.4 Å². The molecule has 1 aliphatic carbocycles. The number of nitrogens with zero attached hydrogens (tertiary/aromatic N) is 1. The molecule has 3 nitrogen and oxygen atoms in total. The van der Waals surface area contributed by atoms with Crippen LogP contribution < -0.4 is 5.32 Å². The summed E-state index contributed by atoms with van der Waals surface area (Å²) in [6.07, 6.45) is 9.86. The molecule has 0 aliphatic heterocycles. The minimum atomic E-state index is -0.262. The summed E-state index contributed by atoms with van der Waals surface area (Å²) < 4.78 is 14.6. The summed E-state index contributed by atoms with van der Waals surface area (Å²) in [5.41, 5.74) is 3.85. The molecule has 1 saturated carbocycles. The average Bonchev–Trinajstić information content (AvgIpc) is 3.17. The molecule has 0 saturated heterocycles. The van der Waals surface area contributed by atoms with Crippen molar-refractivity contribution in [2.45, 2.75) is 45.1 Å². The van der Waals surface area contributed by atoms with Crippen molar-refractivity contribution < 1.29 is 4.39 Å². The van der Waals surface area contributed by atoms with E-state index in [2.05, 4.69) is 27.4 Å². The third-order valence-corrected chi connectivity index (χ3v) is 5.58. The third-order valence-electron chi connectivity index (χ3n) is 5.58. The molecular weight excluding hydrogens is 361 g/mol. The number of aromatic nitrogens is 2. The maximum Gasteiger partial charge on any atom is 0.158 e. The number of hydrogen-bond donors (Lipinski definition) is 2. The molecule has 0 bridgehead atoms. The second-order valence-electron chi connectivity index (χ2n) is 7.39. The van der Waals surface area contributed by atoms with Crippen molar-refractivity contribution in [3.63, 3.8) is 0 Å².